The molecular weight excluding hydrogens is 216 g/mol. The minimum absolute atomic E-state index is 0.144. The van der Waals surface area contributed by atoms with E-state index >= 15 is 0 Å². The number of ether oxygens (including phenoxy) is 1. The zero-order valence-electron chi connectivity index (χ0n) is 11.2. The fourth-order valence-corrected chi connectivity index (χ4v) is 2.84. The van der Waals surface area contributed by atoms with E-state index in [9.17, 15) is 4.79 Å². The van der Waals surface area contributed by atoms with Gasteiger partial charge in [-0.1, -0.05) is 20.8 Å². The van der Waals surface area contributed by atoms with Gasteiger partial charge in [0.05, 0.1) is 5.60 Å². The highest BCUT2D eigenvalue weighted by molar-refractivity contribution is 5.81. The molecule has 1 spiro atoms. The van der Waals surface area contributed by atoms with Crippen molar-refractivity contribution in [2.75, 3.05) is 19.7 Å². The van der Waals surface area contributed by atoms with Crippen molar-refractivity contribution in [3.8, 4) is 0 Å². The van der Waals surface area contributed by atoms with Gasteiger partial charge in [-0.2, -0.15) is 0 Å². The molecule has 2 aliphatic rings. The lowest BCUT2D eigenvalue weighted by molar-refractivity contribution is -0.144. The summed E-state index contributed by atoms with van der Waals surface area (Å²) >= 11 is 0. The summed E-state index contributed by atoms with van der Waals surface area (Å²) in [5, 5.41) is 0. The zero-order valence-corrected chi connectivity index (χ0v) is 11.2. The lowest BCUT2D eigenvalue weighted by Gasteiger charge is -2.42. The molecule has 0 aromatic carbocycles. The van der Waals surface area contributed by atoms with Crippen LogP contribution < -0.4 is 5.73 Å². The molecule has 1 unspecified atom stereocenters. The quantitative estimate of drug-likeness (QED) is 0.691. The topological polar surface area (TPSA) is 55.6 Å². The highest BCUT2D eigenvalue weighted by Crippen LogP contribution is 2.35. The number of nitrogens with two attached hydrogens (primary N) is 1. The molecule has 2 fully saturated rings. The lowest BCUT2D eigenvalue weighted by Crippen LogP contribution is -2.55. The second-order valence-corrected chi connectivity index (χ2v) is 6.35. The third-order valence-corrected chi connectivity index (χ3v) is 4.03. The first-order valence-electron chi connectivity index (χ1n) is 6.54. The number of rotatable bonds is 0. The highest BCUT2D eigenvalue weighted by atomic mass is 16.5. The molecular formula is C13H24N2O2. The molecule has 2 aliphatic heterocycles. The maximum atomic E-state index is 12.2. The Bertz CT molecular complexity index is 301. The monoisotopic (exact) mass is 240 g/mol. The summed E-state index contributed by atoms with van der Waals surface area (Å²) < 4.78 is 5.84. The van der Waals surface area contributed by atoms with Crippen molar-refractivity contribution < 1.29 is 9.53 Å². The second-order valence-electron chi connectivity index (χ2n) is 6.35. The lowest BCUT2D eigenvalue weighted by atomic mass is 9.84. The number of likely N-dealkylation sites (tertiary alicyclic amines) is 1. The number of hydrogen-bond acceptors (Lipinski definition) is 3. The largest absolute Gasteiger partial charge is 0.373 e. The summed E-state index contributed by atoms with van der Waals surface area (Å²) in [5.41, 5.74) is 5.69. The van der Waals surface area contributed by atoms with Crippen molar-refractivity contribution in [2.24, 2.45) is 11.1 Å². The number of carbonyl (C=O) groups is 1. The van der Waals surface area contributed by atoms with Gasteiger partial charge in [-0.25, -0.2) is 0 Å². The Hall–Kier alpha value is -0.610. The van der Waals surface area contributed by atoms with E-state index < -0.39 is 0 Å². The van der Waals surface area contributed by atoms with Crippen LogP contribution in [0.5, 0.6) is 0 Å². The third kappa shape index (κ3) is 2.33. The van der Waals surface area contributed by atoms with E-state index in [1.807, 2.05) is 25.7 Å². The summed E-state index contributed by atoms with van der Waals surface area (Å²) in [5.74, 6) is 0.235. The minimum Gasteiger partial charge on any atom is -0.373 e. The molecule has 17 heavy (non-hydrogen) atoms. The van der Waals surface area contributed by atoms with Gasteiger partial charge in [0.25, 0.3) is 0 Å². The van der Waals surface area contributed by atoms with Gasteiger partial charge >= 0.3 is 0 Å². The van der Waals surface area contributed by atoms with E-state index in [4.69, 9.17) is 10.5 Å². The minimum atomic E-state index is -0.289. The molecule has 2 N–H and O–H groups in total. The predicted octanol–water partition coefficient (Wildman–Crippen LogP) is 1.14. The Labute approximate surface area is 103 Å². The summed E-state index contributed by atoms with van der Waals surface area (Å²) in [7, 11) is 0. The van der Waals surface area contributed by atoms with Gasteiger partial charge < -0.3 is 15.4 Å². The van der Waals surface area contributed by atoms with Gasteiger partial charge in [0, 0.05) is 31.2 Å². The summed E-state index contributed by atoms with van der Waals surface area (Å²) in [6.07, 6.45) is 2.72. The molecule has 98 valence electrons. The Morgan fingerprint density at radius 3 is 2.35 bits per heavy atom. The Morgan fingerprint density at radius 2 is 1.94 bits per heavy atom. The summed E-state index contributed by atoms with van der Waals surface area (Å²) in [6.45, 7) is 8.24. The first-order valence-corrected chi connectivity index (χ1v) is 6.54. The number of amides is 1. The first-order chi connectivity index (χ1) is 7.85. The molecule has 0 aliphatic carbocycles. The summed E-state index contributed by atoms with van der Waals surface area (Å²) in [4.78, 5) is 14.1. The molecule has 2 heterocycles. The van der Waals surface area contributed by atoms with E-state index in [0.29, 0.717) is 0 Å². The fourth-order valence-electron chi connectivity index (χ4n) is 2.84. The molecule has 0 aromatic rings. The van der Waals surface area contributed by atoms with Crippen molar-refractivity contribution in [3.05, 3.63) is 0 Å². The van der Waals surface area contributed by atoms with Gasteiger partial charge in [0.2, 0.25) is 5.91 Å². The van der Waals surface area contributed by atoms with Gasteiger partial charge in [-0.05, 0) is 19.3 Å². The van der Waals surface area contributed by atoms with Crippen molar-refractivity contribution in [1.29, 1.82) is 0 Å². The molecule has 4 nitrogen and oxygen atoms in total. The Balaban J connectivity index is 1.97. The molecule has 0 bridgehead atoms. The molecule has 0 aromatic heterocycles. The average Bonchev–Trinajstić information content (AvgIpc) is 2.60. The molecule has 2 saturated heterocycles. The third-order valence-electron chi connectivity index (χ3n) is 4.03. The van der Waals surface area contributed by atoms with Crippen LogP contribution >= 0.6 is 0 Å². The number of carbonyl (C=O) groups excluding carboxylic acids is 1. The van der Waals surface area contributed by atoms with Crippen molar-refractivity contribution in [1.82, 2.24) is 4.90 Å². The average molecular weight is 240 g/mol. The Kier molecular flexibility index (Phi) is 3.21. The second kappa shape index (κ2) is 4.25. The van der Waals surface area contributed by atoms with Crippen molar-refractivity contribution >= 4 is 5.91 Å². The molecule has 4 heteroatoms. The Morgan fingerprint density at radius 1 is 1.35 bits per heavy atom. The maximum Gasteiger partial charge on any atom is 0.227 e. The van der Waals surface area contributed by atoms with Crippen molar-refractivity contribution in [3.63, 3.8) is 0 Å². The number of hydrogen-bond donors (Lipinski definition) is 1. The standard InChI is InChI=1S/C13H24N2O2/c1-12(2,3)11(16)15-7-5-13(6-8-15)10(14)4-9-17-13/h10H,4-9,14H2,1-3H3. The van der Waals surface area contributed by atoms with Gasteiger partial charge in [-0.15, -0.1) is 0 Å². The number of piperidine rings is 1. The molecule has 0 radical (unpaired) electrons. The van der Waals surface area contributed by atoms with Crippen LogP contribution in [0.2, 0.25) is 0 Å². The van der Waals surface area contributed by atoms with Crippen LogP contribution in [0.4, 0.5) is 0 Å². The van der Waals surface area contributed by atoms with Crippen LogP contribution in [0, 0.1) is 5.41 Å². The van der Waals surface area contributed by atoms with E-state index in [-0.39, 0.29) is 23.0 Å². The van der Waals surface area contributed by atoms with Gasteiger partial charge in [0.1, 0.15) is 0 Å². The smallest absolute Gasteiger partial charge is 0.227 e. The van der Waals surface area contributed by atoms with Gasteiger partial charge in [-0.3, -0.25) is 4.79 Å². The number of nitrogens with zero attached hydrogens (tertiary/aromatic N) is 1. The fraction of sp³-hybridized carbons (Fsp3) is 0.923. The highest BCUT2D eigenvalue weighted by Gasteiger charge is 2.45. The SMILES string of the molecule is CC(C)(C)C(=O)N1CCC2(CC1)OCCC2N. The van der Waals surface area contributed by atoms with Crippen LogP contribution in [0.25, 0.3) is 0 Å². The van der Waals surface area contributed by atoms with Crippen LogP contribution in [-0.2, 0) is 9.53 Å². The maximum absolute atomic E-state index is 12.2. The van der Waals surface area contributed by atoms with Crippen LogP contribution in [0.3, 0.4) is 0 Å². The van der Waals surface area contributed by atoms with Crippen molar-refractivity contribution in [2.45, 2.75) is 51.7 Å². The van der Waals surface area contributed by atoms with Crippen LogP contribution in [-0.4, -0.2) is 42.1 Å². The van der Waals surface area contributed by atoms with E-state index in [1.165, 1.54) is 0 Å². The first kappa shape index (κ1) is 12.8. The molecule has 2 rings (SSSR count). The molecule has 1 amide bonds. The molecule has 1 atom stereocenters. The summed E-state index contributed by atoms with van der Waals surface area (Å²) in [6, 6.07) is 0.148. The zero-order chi connectivity index (χ0) is 12.7. The van der Waals surface area contributed by atoms with E-state index in [0.717, 1.165) is 39.0 Å². The van der Waals surface area contributed by atoms with Gasteiger partial charge in [0.15, 0.2) is 0 Å². The van der Waals surface area contributed by atoms with E-state index in [1.54, 1.807) is 0 Å². The molecule has 0 saturated carbocycles. The van der Waals surface area contributed by atoms with Crippen LogP contribution in [0.15, 0.2) is 0 Å². The predicted molar refractivity (Wildman–Crippen MR) is 66.5 cm³/mol. The van der Waals surface area contributed by atoms with Crippen LogP contribution in [0.1, 0.15) is 40.0 Å². The normalized spacial score (nSPS) is 28.7. The van der Waals surface area contributed by atoms with E-state index in [2.05, 4.69) is 0 Å².